The summed E-state index contributed by atoms with van der Waals surface area (Å²) in [5.74, 6) is 0. The number of aliphatic hydroxyl groups is 1. The van der Waals surface area contributed by atoms with E-state index in [2.05, 4.69) is 10.2 Å². The number of hydrogen-bond acceptors (Lipinski definition) is 4. The molecule has 0 spiro atoms. The highest BCUT2D eigenvalue weighted by molar-refractivity contribution is 4.16. The lowest BCUT2D eigenvalue weighted by atomic mass is 10.5. The molecule has 0 aromatic heterocycles. The molecule has 0 fully saturated rings. The van der Waals surface area contributed by atoms with Crippen LogP contribution in [0.5, 0.6) is 0 Å². The fraction of sp³-hybridized carbons (Fsp3) is 1.00. The lowest BCUT2D eigenvalue weighted by molar-refractivity contribution is 0.140. The van der Waals surface area contributed by atoms with Crippen molar-refractivity contribution in [3.63, 3.8) is 0 Å². The van der Waals surface area contributed by atoms with Crippen molar-refractivity contribution in [2.24, 2.45) is 5.34 Å². The molecule has 0 radical (unpaired) electrons. The number of hydrogen-bond donors (Lipinski definition) is 1. The summed E-state index contributed by atoms with van der Waals surface area (Å²) in [6.45, 7) is 4.27. The van der Waals surface area contributed by atoms with Gasteiger partial charge in [-0.15, -0.1) is 4.91 Å². The van der Waals surface area contributed by atoms with Gasteiger partial charge in [0.25, 0.3) is 0 Å². The normalized spacial score (nSPS) is 7.00. The maximum absolute atomic E-state index is 9.09. The van der Waals surface area contributed by atoms with Gasteiger partial charge in [0.15, 0.2) is 5.34 Å². The van der Waals surface area contributed by atoms with E-state index in [0.29, 0.717) is 6.61 Å². The van der Waals surface area contributed by atoms with Crippen LogP contribution in [0.2, 0.25) is 0 Å². The van der Waals surface area contributed by atoms with Crippen LogP contribution in [-0.2, 0) is 4.84 Å². The quantitative estimate of drug-likeness (QED) is 0.358. The summed E-state index contributed by atoms with van der Waals surface area (Å²) < 4.78 is 0. The minimum atomic E-state index is 0.250. The molecule has 0 saturated heterocycles. The molecule has 56 valence electrons. The first-order valence-corrected chi connectivity index (χ1v) is 2.88. The van der Waals surface area contributed by atoms with E-state index in [0.717, 1.165) is 6.42 Å². The van der Waals surface area contributed by atoms with Crippen LogP contribution >= 0.6 is 0 Å². The molecule has 9 heavy (non-hydrogen) atoms. The van der Waals surface area contributed by atoms with Crippen molar-refractivity contribution in [2.45, 2.75) is 20.3 Å². The Morgan fingerprint density at radius 1 is 1.56 bits per heavy atom. The molecule has 0 aromatic rings. The summed E-state index contributed by atoms with van der Waals surface area (Å²) in [4.78, 5) is 13.1. The molecule has 0 aliphatic rings. The predicted octanol–water partition coefficient (Wildman–Crippen LogP) is 1.09. The first kappa shape index (κ1) is 11.2. The SMILES string of the molecule is CCCON=O.CCO. The van der Waals surface area contributed by atoms with E-state index in [1.54, 1.807) is 6.92 Å². The molecule has 0 saturated carbocycles. The first-order chi connectivity index (χ1) is 4.33. The molecular formula is C5H13NO3. The van der Waals surface area contributed by atoms with Crippen molar-refractivity contribution in [2.75, 3.05) is 13.2 Å². The molecule has 4 nitrogen and oxygen atoms in total. The van der Waals surface area contributed by atoms with Gasteiger partial charge in [-0.25, -0.2) is 0 Å². The van der Waals surface area contributed by atoms with Crippen LogP contribution in [-0.4, -0.2) is 18.3 Å². The first-order valence-electron chi connectivity index (χ1n) is 2.88. The topological polar surface area (TPSA) is 58.9 Å². The summed E-state index contributed by atoms with van der Waals surface area (Å²) in [7, 11) is 0. The summed E-state index contributed by atoms with van der Waals surface area (Å²) in [5.41, 5.74) is 0. The standard InChI is InChI=1S/C3H7NO2.C2H6O/c1-2-3-6-4-5;1-2-3/h2-3H2,1H3;3H,2H2,1H3. The maximum Gasteiger partial charge on any atom is 0.155 e. The number of rotatable bonds is 3. The van der Waals surface area contributed by atoms with Crippen LogP contribution in [0.4, 0.5) is 0 Å². The van der Waals surface area contributed by atoms with Crippen molar-refractivity contribution in [3.05, 3.63) is 4.91 Å². The molecule has 0 amide bonds. The Hall–Kier alpha value is -0.640. The Labute approximate surface area is 54.8 Å². The summed E-state index contributed by atoms with van der Waals surface area (Å²) in [6, 6.07) is 0. The van der Waals surface area contributed by atoms with Crippen molar-refractivity contribution in [1.29, 1.82) is 0 Å². The molecule has 0 heterocycles. The van der Waals surface area contributed by atoms with Crippen LogP contribution < -0.4 is 0 Å². The number of aliphatic hydroxyl groups excluding tert-OH is 1. The molecule has 0 aliphatic heterocycles. The van der Waals surface area contributed by atoms with Crippen molar-refractivity contribution >= 4 is 0 Å². The average molecular weight is 135 g/mol. The molecule has 0 atom stereocenters. The number of nitrogens with zero attached hydrogens (tertiary/aromatic N) is 1. The molecule has 0 aromatic carbocycles. The van der Waals surface area contributed by atoms with E-state index in [1.165, 1.54) is 0 Å². The monoisotopic (exact) mass is 135 g/mol. The Balaban J connectivity index is 0. The Kier molecular flexibility index (Phi) is 19.5. The van der Waals surface area contributed by atoms with Crippen LogP contribution in [0, 0.1) is 4.91 Å². The van der Waals surface area contributed by atoms with Gasteiger partial charge >= 0.3 is 0 Å². The largest absolute Gasteiger partial charge is 0.397 e. The molecule has 0 bridgehead atoms. The van der Waals surface area contributed by atoms with E-state index in [1.807, 2.05) is 6.92 Å². The van der Waals surface area contributed by atoms with Crippen molar-refractivity contribution < 1.29 is 9.94 Å². The Bertz CT molecular complexity index is 49.5. The van der Waals surface area contributed by atoms with Gasteiger partial charge in [-0.1, -0.05) is 6.92 Å². The zero-order valence-electron chi connectivity index (χ0n) is 5.83. The summed E-state index contributed by atoms with van der Waals surface area (Å²) in [5, 5.41) is 9.74. The third-order valence-electron chi connectivity index (χ3n) is 0.348. The van der Waals surface area contributed by atoms with Crippen LogP contribution in [0.3, 0.4) is 0 Å². The van der Waals surface area contributed by atoms with Gasteiger partial charge in [0, 0.05) is 6.61 Å². The van der Waals surface area contributed by atoms with Crippen LogP contribution in [0.15, 0.2) is 5.34 Å². The highest BCUT2D eigenvalue weighted by Gasteiger charge is 1.73. The van der Waals surface area contributed by atoms with Gasteiger partial charge in [-0.2, -0.15) is 0 Å². The Morgan fingerprint density at radius 2 is 2.00 bits per heavy atom. The lowest BCUT2D eigenvalue weighted by Gasteiger charge is -1.83. The zero-order chi connectivity index (χ0) is 7.54. The highest BCUT2D eigenvalue weighted by Crippen LogP contribution is 1.76. The minimum absolute atomic E-state index is 0.250. The van der Waals surface area contributed by atoms with Crippen molar-refractivity contribution in [1.82, 2.24) is 0 Å². The smallest absolute Gasteiger partial charge is 0.155 e. The van der Waals surface area contributed by atoms with Gasteiger partial charge < -0.3 is 9.94 Å². The van der Waals surface area contributed by atoms with E-state index in [4.69, 9.17) is 10.0 Å². The van der Waals surface area contributed by atoms with E-state index >= 15 is 0 Å². The third kappa shape index (κ3) is 38.0. The molecule has 4 heteroatoms. The third-order valence-corrected chi connectivity index (χ3v) is 0.348. The predicted molar refractivity (Wildman–Crippen MR) is 34.8 cm³/mol. The second-order valence-corrected chi connectivity index (χ2v) is 1.22. The average Bonchev–Trinajstić information content (AvgIpc) is 1.86. The van der Waals surface area contributed by atoms with E-state index in [9.17, 15) is 0 Å². The maximum atomic E-state index is 9.09. The second kappa shape index (κ2) is 15.7. The van der Waals surface area contributed by atoms with Crippen molar-refractivity contribution in [3.8, 4) is 0 Å². The molecule has 0 aliphatic carbocycles. The lowest BCUT2D eigenvalue weighted by Crippen LogP contribution is -1.79. The highest BCUT2D eigenvalue weighted by atomic mass is 16.7. The minimum Gasteiger partial charge on any atom is -0.397 e. The van der Waals surface area contributed by atoms with Gasteiger partial charge in [0.2, 0.25) is 0 Å². The van der Waals surface area contributed by atoms with E-state index < -0.39 is 0 Å². The molecule has 0 unspecified atom stereocenters. The summed E-state index contributed by atoms with van der Waals surface area (Å²) >= 11 is 0. The van der Waals surface area contributed by atoms with Crippen LogP contribution in [0.1, 0.15) is 20.3 Å². The zero-order valence-corrected chi connectivity index (χ0v) is 5.83. The fourth-order valence-corrected chi connectivity index (χ4v) is 0.129. The van der Waals surface area contributed by atoms with E-state index in [-0.39, 0.29) is 6.61 Å². The van der Waals surface area contributed by atoms with Gasteiger partial charge in [0.1, 0.15) is 6.61 Å². The molecule has 1 N–H and O–H groups in total. The molecular weight excluding hydrogens is 122 g/mol. The van der Waals surface area contributed by atoms with Crippen LogP contribution in [0.25, 0.3) is 0 Å². The van der Waals surface area contributed by atoms with Gasteiger partial charge in [-0.3, -0.25) is 0 Å². The molecule has 0 rings (SSSR count). The van der Waals surface area contributed by atoms with Gasteiger partial charge in [0.05, 0.1) is 0 Å². The van der Waals surface area contributed by atoms with Gasteiger partial charge in [-0.05, 0) is 13.3 Å². The fourth-order valence-electron chi connectivity index (χ4n) is 0.129. The Morgan fingerprint density at radius 3 is 2.11 bits per heavy atom. The summed E-state index contributed by atoms with van der Waals surface area (Å²) in [6.07, 6.45) is 0.839. The second-order valence-electron chi connectivity index (χ2n) is 1.22.